The molecular formula is C12H14N4O4. The number of aromatic nitrogens is 2. The molecule has 1 unspecified atom stereocenters. The lowest BCUT2D eigenvalue weighted by Gasteiger charge is -2.03. The summed E-state index contributed by atoms with van der Waals surface area (Å²) in [6, 6.07) is 3.95. The zero-order valence-corrected chi connectivity index (χ0v) is 11.1. The summed E-state index contributed by atoms with van der Waals surface area (Å²) in [6.07, 6.45) is 0. The molecule has 0 spiro atoms. The van der Waals surface area contributed by atoms with Gasteiger partial charge in [0.15, 0.2) is 5.82 Å². The zero-order valence-electron chi connectivity index (χ0n) is 11.1. The van der Waals surface area contributed by atoms with Crippen LogP contribution in [-0.4, -0.2) is 28.8 Å². The molecule has 8 heteroatoms. The Hall–Kier alpha value is -2.32. The van der Waals surface area contributed by atoms with Crippen LogP contribution in [0.5, 0.6) is 0 Å². The number of nitro groups is 1. The summed E-state index contributed by atoms with van der Waals surface area (Å²) in [7, 11) is 1.52. The lowest BCUT2D eigenvalue weighted by molar-refractivity contribution is -0.384. The number of nitro benzene ring substituents is 1. The number of non-ortho nitro benzene ring substituents is 1. The van der Waals surface area contributed by atoms with E-state index in [0.717, 1.165) is 5.56 Å². The van der Waals surface area contributed by atoms with Crippen LogP contribution in [0.3, 0.4) is 0 Å². The molecule has 0 radical (unpaired) electrons. The second-order valence-corrected chi connectivity index (χ2v) is 4.28. The number of hydrogen-bond acceptors (Lipinski definition) is 7. The maximum absolute atomic E-state index is 10.8. The number of ether oxygens (including phenoxy) is 1. The topological polar surface area (TPSA) is 117 Å². The third kappa shape index (κ3) is 2.81. The van der Waals surface area contributed by atoms with Crippen molar-refractivity contribution in [2.24, 2.45) is 5.73 Å². The summed E-state index contributed by atoms with van der Waals surface area (Å²) < 4.78 is 10.0. The monoisotopic (exact) mass is 278 g/mol. The Labute approximate surface area is 114 Å². The number of benzene rings is 1. The Kier molecular flexibility index (Phi) is 4.06. The standard InChI is InChI=1S/C12H14N4O4/c1-7-3-4-8(16(17)18)5-9(7)12-14-11(15-20-12)10(13)6-19-2/h3-5,10H,6,13H2,1-2H3. The Morgan fingerprint density at radius 3 is 2.95 bits per heavy atom. The van der Waals surface area contributed by atoms with Crippen molar-refractivity contribution in [1.29, 1.82) is 0 Å². The highest BCUT2D eigenvalue weighted by atomic mass is 16.6. The number of hydrogen-bond donors (Lipinski definition) is 1. The first-order chi connectivity index (χ1) is 9.52. The predicted octanol–water partition coefficient (Wildman–Crippen LogP) is 1.60. The molecule has 2 aromatic rings. The first-order valence-electron chi connectivity index (χ1n) is 5.86. The van der Waals surface area contributed by atoms with E-state index in [-0.39, 0.29) is 18.2 Å². The summed E-state index contributed by atoms with van der Waals surface area (Å²) >= 11 is 0. The van der Waals surface area contributed by atoms with Crippen LogP contribution < -0.4 is 5.73 Å². The molecule has 0 aliphatic carbocycles. The van der Waals surface area contributed by atoms with Gasteiger partial charge in [0.05, 0.1) is 17.6 Å². The van der Waals surface area contributed by atoms with E-state index in [1.54, 1.807) is 13.0 Å². The van der Waals surface area contributed by atoms with Crippen LogP contribution in [0.4, 0.5) is 5.69 Å². The molecule has 106 valence electrons. The zero-order chi connectivity index (χ0) is 14.7. The highest BCUT2D eigenvalue weighted by Gasteiger charge is 2.18. The van der Waals surface area contributed by atoms with Crippen molar-refractivity contribution >= 4 is 5.69 Å². The van der Waals surface area contributed by atoms with Gasteiger partial charge in [0.2, 0.25) is 0 Å². The van der Waals surface area contributed by atoms with Gasteiger partial charge in [-0.3, -0.25) is 10.1 Å². The van der Waals surface area contributed by atoms with Gasteiger partial charge < -0.3 is 15.0 Å². The van der Waals surface area contributed by atoms with E-state index in [4.69, 9.17) is 15.0 Å². The van der Waals surface area contributed by atoms with Crippen molar-refractivity contribution in [3.63, 3.8) is 0 Å². The Balaban J connectivity index is 2.36. The molecule has 8 nitrogen and oxygen atoms in total. The molecule has 0 saturated carbocycles. The Morgan fingerprint density at radius 2 is 2.30 bits per heavy atom. The quantitative estimate of drug-likeness (QED) is 0.651. The van der Waals surface area contributed by atoms with Gasteiger partial charge in [-0.1, -0.05) is 11.2 Å². The third-order valence-electron chi connectivity index (χ3n) is 2.78. The van der Waals surface area contributed by atoms with Crippen LogP contribution in [-0.2, 0) is 4.74 Å². The predicted molar refractivity (Wildman–Crippen MR) is 69.9 cm³/mol. The van der Waals surface area contributed by atoms with Crippen molar-refractivity contribution in [3.05, 3.63) is 39.7 Å². The van der Waals surface area contributed by atoms with E-state index in [2.05, 4.69) is 10.1 Å². The molecular weight excluding hydrogens is 264 g/mol. The van der Waals surface area contributed by atoms with E-state index in [9.17, 15) is 10.1 Å². The van der Waals surface area contributed by atoms with Crippen molar-refractivity contribution in [2.45, 2.75) is 13.0 Å². The van der Waals surface area contributed by atoms with Crippen LogP contribution in [0, 0.1) is 17.0 Å². The number of methoxy groups -OCH3 is 1. The molecule has 0 aliphatic rings. The molecule has 0 aliphatic heterocycles. The summed E-state index contributed by atoms with van der Waals surface area (Å²) in [4.78, 5) is 14.5. The first kappa shape index (κ1) is 14.1. The van der Waals surface area contributed by atoms with Crippen molar-refractivity contribution in [1.82, 2.24) is 10.1 Å². The minimum absolute atomic E-state index is 0.0356. The Bertz CT molecular complexity index is 626. The second-order valence-electron chi connectivity index (χ2n) is 4.28. The molecule has 1 heterocycles. The first-order valence-corrected chi connectivity index (χ1v) is 5.86. The summed E-state index contributed by atoms with van der Waals surface area (Å²) in [5, 5.41) is 14.6. The van der Waals surface area contributed by atoms with Gasteiger partial charge in [-0.2, -0.15) is 4.98 Å². The normalized spacial score (nSPS) is 12.3. The summed E-state index contributed by atoms with van der Waals surface area (Å²) in [5.41, 5.74) is 7.07. The molecule has 0 bridgehead atoms. The van der Waals surface area contributed by atoms with Gasteiger partial charge in [-0.05, 0) is 12.5 Å². The largest absolute Gasteiger partial charge is 0.383 e. The van der Waals surface area contributed by atoms with Gasteiger partial charge in [0.25, 0.3) is 11.6 Å². The third-order valence-corrected chi connectivity index (χ3v) is 2.78. The SMILES string of the molecule is COCC(N)c1noc(-c2cc([N+](=O)[O-])ccc2C)n1. The number of nitrogens with zero attached hydrogens (tertiary/aromatic N) is 3. The van der Waals surface area contributed by atoms with Gasteiger partial charge in [-0.15, -0.1) is 0 Å². The molecule has 1 atom stereocenters. The van der Waals surface area contributed by atoms with Gasteiger partial charge in [0, 0.05) is 24.8 Å². The van der Waals surface area contributed by atoms with E-state index >= 15 is 0 Å². The molecule has 0 fully saturated rings. The minimum Gasteiger partial charge on any atom is -0.383 e. The molecule has 0 saturated heterocycles. The smallest absolute Gasteiger partial charge is 0.270 e. The van der Waals surface area contributed by atoms with Crippen LogP contribution in [0.1, 0.15) is 17.4 Å². The van der Waals surface area contributed by atoms with Gasteiger partial charge in [0.1, 0.15) is 0 Å². The van der Waals surface area contributed by atoms with E-state index in [0.29, 0.717) is 11.4 Å². The van der Waals surface area contributed by atoms with Crippen LogP contribution in [0.15, 0.2) is 22.7 Å². The molecule has 0 amide bonds. The second kappa shape index (κ2) is 5.76. The fourth-order valence-corrected chi connectivity index (χ4v) is 1.70. The van der Waals surface area contributed by atoms with Crippen molar-refractivity contribution in [2.75, 3.05) is 13.7 Å². The highest BCUT2D eigenvalue weighted by molar-refractivity contribution is 5.62. The maximum Gasteiger partial charge on any atom is 0.270 e. The highest BCUT2D eigenvalue weighted by Crippen LogP contribution is 2.26. The van der Waals surface area contributed by atoms with E-state index in [1.807, 2.05) is 0 Å². The molecule has 2 rings (SSSR count). The molecule has 2 N–H and O–H groups in total. The summed E-state index contributed by atoms with van der Waals surface area (Å²) in [5.74, 6) is 0.500. The fourth-order valence-electron chi connectivity index (χ4n) is 1.70. The average molecular weight is 278 g/mol. The van der Waals surface area contributed by atoms with Crippen molar-refractivity contribution in [3.8, 4) is 11.5 Å². The maximum atomic E-state index is 10.8. The van der Waals surface area contributed by atoms with E-state index < -0.39 is 11.0 Å². The van der Waals surface area contributed by atoms with Gasteiger partial charge >= 0.3 is 0 Å². The number of nitrogens with two attached hydrogens (primary N) is 1. The molecule has 1 aromatic heterocycles. The van der Waals surface area contributed by atoms with Crippen LogP contribution >= 0.6 is 0 Å². The van der Waals surface area contributed by atoms with Crippen LogP contribution in [0.25, 0.3) is 11.5 Å². The summed E-state index contributed by atoms with van der Waals surface area (Å²) in [6.45, 7) is 2.06. The number of rotatable bonds is 5. The van der Waals surface area contributed by atoms with E-state index in [1.165, 1.54) is 19.2 Å². The lowest BCUT2D eigenvalue weighted by atomic mass is 10.1. The Morgan fingerprint density at radius 1 is 1.55 bits per heavy atom. The van der Waals surface area contributed by atoms with Crippen molar-refractivity contribution < 1.29 is 14.2 Å². The van der Waals surface area contributed by atoms with Gasteiger partial charge in [-0.25, -0.2) is 0 Å². The minimum atomic E-state index is -0.503. The number of aryl methyl sites for hydroxylation is 1. The fraction of sp³-hybridized carbons (Fsp3) is 0.333. The molecule has 20 heavy (non-hydrogen) atoms. The lowest BCUT2D eigenvalue weighted by Crippen LogP contribution is -2.17. The average Bonchev–Trinajstić information content (AvgIpc) is 2.88. The molecule has 1 aromatic carbocycles. The van der Waals surface area contributed by atoms with Crippen LogP contribution in [0.2, 0.25) is 0 Å².